The Kier molecular flexibility index (Phi) is 4.93. The molecule has 1 fully saturated rings. The molecular formula is C11H18N2O2. The van der Waals surface area contributed by atoms with Gasteiger partial charge in [-0.25, -0.2) is 0 Å². The number of aliphatic hydroxyl groups is 1. The molecule has 0 spiro atoms. The largest absolute Gasteiger partial charge is 0.400 e. The molecule has 0 aromatic heterocycles. The average Bonchev–Trinajstić information content (AvgIpc) is 2.34. The number of nitrogens with zero attached hydrogens (tertiary/aromatic N) is 1. The van der Waals surface area contributed by atoms with Gasteiger partial charge in [0.1, 0.15) is 0 Å². The van der Waals surface area contributed by atoms with Gasteiger partial charge >= 0.3 is 0 Å². The predicted octanol–water partition coefficient (Wildman–Crippen LogP) is 0.714. The van der Waals surface area contributed by atoms with Crippen molar-refractivity contribution in [2.24, 2.45) is 0 Å². The SMILES string of the molecule is CO.Nc1ccc(N2CCOCC2)cc1. The van der Waals surface area contributed by atoms with Gasteiger partial charge in [0.25, 0.3) is 0 Å². The van der Waals surface area contributed by atoms with Gasteiger partial charge in [0, 0.05) is 31.6 Å². The van der Waals surface area contributed by atoms with Crippen LogP contribution in [0.2, 0.25) is 0 Å². The first kappa shape index (κ1) is 11.8. The lowest BCUT2D eigenvalue weighted by Crippen LogP contribution is -2.36. The van der Waals surface area contributed by atoms with E-state index in [1.165, 1.54) is 5.69 Å². The summed E-state index contributed by atoms with van der Waals surface area (Å²) in [5.41, 5.74) is 7.66. The Balaban J connectivity index is 0.000000531. The lowest BCUT2D eigenvalue weighted by atomic mass is 10.2. The van der Waals surface area contributed by atoms with Crippen LogP contribution in [0, 0.1) is 0 Å². The average molecular weight is 210 g/mol. The summed E-state index contributed by atoms with van der Waals surface area (Å²) in [5.74, 6) is 0. The zero-order chi connectivity index (χ0) is 11.1. The van der Waals surface area contributed by atoms with Crippen molar-refractivity contribution in [1.29, 1.82) is 0 Å². The van der Waals surface area contributed by atoms with Gasteiger partial charge in [-0.3, -0.25) is 0 Å². The Morgan fingerprint density at radius 1 is 1.13 bits per heavy atom. The molecule has 1 heterocycles. The van der Waals surface area contributed by atoms with Gasteiger partial charge in [-0.15, -0.1) is 0 Å². The highest BCUT2D eigenvalue weighted by molar-refractivity contribution is 5.53. The van der Waals surface area contributed by atoms with Crippen LogP contribution in [0.5, 0.6) is 0 Å². The Morgan fingerprint density at radius 2 is 1.67 bits per heavy atom. The van der Waals surface area contributed by atoms with E-state index in [9.17, 15) is 0 Å². The number of benzene rings is 1. The quantitative estimate of drug-likeness (QED) is 0.670. The number of anilines is 2. The van der Waals surface area contributed by atoms with E-state index in [1.807, 2.05) is 12.1 Å². The Morgan fingerprint density at radius 3 is 2.20 bits per heavy atom. The number of aliphatic hydroxyl groups excluding tert-OH is 1. The second-order valence-corrected chi connectivity index (χ2v) is 3.19. The monoisotopic (exact) mass is 210 g/mol. The van der Waals surface area contributed by atoms with Crippen molar-refractivity contribution in [2.75, 3.05) is 44.0 Å². The van der Waals surface area contributed by atoms with E-state index in [0.29, 0.717) is 0 Å². The molecular weight excluding hydrogens is 192 g/mol. The Bertz CT molecular complexity index is 268. The minimum atomic E-state index is 0.817. The molecule has 0 bridgehead atoms. The third-order valence-electron chi connectivity index (χ3n) is 2.27. The zero-order valence-corrected chi connectivity index (χ0v) is 9.02. The fourth-order valence-corrected chi connectivity index (χ4v) is 1.51. The topological polar surface area (TPSA) is 58.7 Å². The van der Waals surface area contributed by atoms with Crippen LogP contribution < -0.4 is 10.6 Å². The minimum Gasteiger partial charge on any atom is -0.400 e. The zero-order valence-electron chi connectivity index (χ0n) is 9.02. The molecule has 1 aliphatic heterocycles. The van der Waals surface area contributed by atoms with E-state index >= 15 is 0 Å². The molecule has 0 aliphatic carbocycles. The van der Waals surface area contributed by atoms with Crippen LogP contribution in [0.1, 0.15) is 0 Å². The highest BCUT2D eigenvalue weighted by Crippen LogP contribution is 2.16. The molecule has 15 heavy (non-hydrogen) atoms. The molecule has 1 saturated heterocycles. The number of nitrogens with two attached hydrogens (primary N) is 1. The number of ether oxygens (including phenoxy) is 1. The van der Waals surface area contributed by atoms with E-state index in [1.54, 1.807) is 0 Å². The van der Waals surface area contributed by atoms with Gasteiger partial charge in [0.05, 0.1) is 13.2 Å². The number of morpholine rings is 1. The first-order valence-electron chi connectivity index (χ1n) is 4.99. The molecule has 4 heteroatoms. The molecule has 0 atom stereocenters. The summed E-state index contributed by atoms with van der Waals surface area (Å²) in [6, 6.07) is 7.98. The van der Waals surface area contributed by atoms with Gasteiger partial charge < -0.3 is 20.5 Å². The lowest BCUT2D eigenvalue weighted by molar-refractivity contribution is 0.122. The van der Waals surface area contributed by atoms with Crippen molar-refractivity contribution in [3.8, 4) is 0 Å². The molecule has 1 aromatic carbocycles. The third-order valence-corrected chi connectivity index (χ3v) is 2.27. The van der Waals surface area contributed by atoms with Crippen LogP contribution in [-0.2, 0) is 4.74 Å². The molecule has 4 nitrogen and oxygen atoms in total. The van der Waals surface area contributed by atoms with Crippen LogP contribution in [0.25, 0.3) is 0 Å². The van der Waals surface area contributed by atoms with Crippen LogP contribution in [0.15, 0.2) is 24.3 Å². The fourth-order valence-electron chi connectivity index (χ4n) is 1.51. The summed E-state index contributed by atoms with van der Waals surface area (Å²) in [6.07, 6.45) is 0. The van der Waals surface area contributed by atoms with Crippen molar-refractivity contribution < 1.29 is 9.84 Å². The number of nitrogen functional groups attached to an aromatic ring is 1. The van der Waals surface area contributed by atoms with Gasteiger partial charge in [-0.1, -0.05) is 0 Å². The molecule has 0 amide bonds. The smallest absolute Gasteiger partial charge is 0.0642 e. The minimum absolute atomic E-state index is 0.817. The lowest BCUT2D eigenvalue weighted by Gasteiger charge is -2.28. The predicted molar refractivity (Wildman–Crippen MR) is 62.0 cm³/mol. The Labute approximate surface area is 90.3 Å². The highest BCUT2D eigenvalue weighted by Gasteiger charge is 2.09. The number of hydrogen-bond acceptors (Lipinski definition) is 4. The summed E-state index contributed by atoms with van der Waals surface area (Å²) in [6.45, 7) is 3.60. The van der Waals surface area contributed by atoms with E-state index in [0.717, 1.165) is 39.1 Å². The van der Waals surface area contributed by atoms with Crippen LogP contribution in [0.3, 0.4) is 0 Å². The molecule has 84 valence electrons. The maximum Gasteiger partial charge on any atom is 0.0642 e. The van der Waals surface area contributed by atoms with E-state index in [-0.39, 0.29) is 0 Å². The van der Waals surface area contributed by atoms with E-state index < -0.39 is 0 Å². The fraction of sp³-hybridized carbons (Fsp3) is 0.455. The van der Waals surface area contributed by atoms with Gasteiger partial charge in [0.2, 0.25) is 0 Å². The van der Waals surface area contributed by atoms with Gasteiger partial charge in [-0.2, -0.15) is 0 Å². The van der Waals surface area contributed by atoms with Crippen molar-refractivity contribution >= 4 is 11.4 Å². The van der Waals surface area contributed by atoms with Crippen molar-refractivity contribution in [2.45, 2.75) is 0 Å². The maximum atomic E-state index is 7.00. The number of rotatable bonds is 1. The maximum absolute atomic E-state index is 7.00. The second-order valence-electron chi connectivity index (χ2n) is 3.19. The molecule has 0 saturated carbocycles. The second kappa shape index (κ2) is 6.27. The van der Waals surface area contributed by atoms with Crippen molar-refractivity contribution in [1.82, 2.24) is 0 Å². The van der Waals surface area contributed by atoms with Crippen LogP contribution >= 0.6 is 0 Å². The highest BCUT2D eigenvalue weighted by atomic mass is 16.5. The number of hydrogen-bond donors (Lipinski definition) is 2. The standard InChI is InChI=1S/C10H14N2O.CH4O/c11-9-1-3-10(4-2-9)12-5-7-13-8-6-12;1-2/h1-4H,5-8,11H2;2H,1H3. The normalized spacial score (nSPS) is 15.5. The first-order valence-corrected chi connectivity index (χ1v) is 4.99. The van der Waals surface area contributed by atoms with Gasteiger partial charge in [0.15, 0.2) is 0 Å². The van der Waals surface area contributed by atoms with E-state index in [4.69, 9.17) is 15.6 Å². The summed E-state index contributed by atoms with van der Waals surface area (Å²) < 4.78 is 5.28. The molecule has 1 aromatic rings. The van der Waals surface area contributed by atoms with E-state index in [2.05, 4.69) is 17.0 Å². The molecule has 1 aliphatic rings. The van der Waals surface area contributed by atoms with Gasteiger partial charge in [-0.05, 0) is 24.3 Å². The first-order chi connectivity index (χ1) is 7.36. The molecule has 3 N–H and O–H groups in total. The third kappa shape index (κ3) is 3.42. The van der Waals surface area contributed by atoms with Crippen LogP contribution in [-0.4, -0.2) is 38.5 Å². The van der Waals surface area contributed by atoms with Crippen molar-refractivity contribution in [3.05, 3.63) is 24.3 Å². The summed E-state index contributed by atoms with van der Waals surface area (Å²) in [4.78, 5) is 2.31. The molecule has 2 rings (SSSR count). The summed E-state index contributed by atoms with van der Waals surface area (Å²) in [5, 5.41) is 7.00. The molecule has 0 radical (unpaired) electrons. The Hall–Kier alpha value is -1.26. The van der Waals surface area contributed by atoms with Crippen LogP contribution in [0.4, 0.5) is 11.4 Å². The van der Waals surface area contributed by atoms with Crippen molar-refractivity contribution in [3.63, 3.8) is 0 Å². The summed E-state index contributed by atoms with van der Waals surface area (Å²) in [7, 11) is 1.00. The molecule has 0 unspecified atom stereocenters. The summed E-state index contributed by atoms with van der Waals surface area (Å²) >= 11 is 0.